The summed E-state index contributed by atoms with van der Waals surface area (Å²) in [6.07, 6.45) is 2.77. The van der Waals surface area contributed by atoms with E-state index in [-0.39, 0.29) is 6.10 Å². The molecular formula is C15H18BrN3O. The van der Waals surface area contributed by atoms with E-state index in [1.54, 1.807) is 0 Å². The highest BCUT2D eigenvalue weighted by molar-refractivity contribution is 9.10. The van der Waals surface area contributed by atoms with E-state index < -0.39 is 0 Å². The largest absolute Gasteiger partial charge is 0.381 e. The van der Waals surface area contributed by atoms with Gasteiger partial charge in [-0.15, -0.1) is 0 Å². The molecule has 2 fully saturated rings. The van der Waals surface area contributed by atoms with Gasteiger partial charge >= 0.3 is 0 Å². The lowest BCUT2D eigenvalue weighted by Gasteiger charge is -2.35. The maximum Gasteiger partial charge on any atom is 0.101 e. The quantitative estimate of drug-likeness (QED) is 0.922. The minimum absolute atomic E-state index is 0.208. The van der Waals surface area contributed by atoms with Crippen molar-refractivity contribution >= 4 is 21.6 Å². The molecule has 106 valence electrons. The summed E-state index contributed by atoms with van der Waals surface area (Å²) in [4.78, 5) is 2.53. The van der Waals surface area contributed by atoms with Gasteiger partial charge in [0.2, 0.25) is 0 Å². The molecule has 1 aromatic carbocycles. The van der Waals surface area contributed by atoms with Gasteiger partial charge in [0.05, 0.1) is 24.0 Å². The molecule has 2 atom stereocenters. The van der Waals surface area contributed by atoms with E-state index >= 15 is 0 Å². The van der Waals surface area contributed by atoms with E-state index in [0.717, 1.165) is 29.9 Å². The van der Waals surface area contributed by atoms with E-state index in [4.69, 9.17) is 10.00 Å². The molecular weight excluding hydrogens is 318 g/mol. The number of benzene rings is 1. The zero-order valence-electron chi connectivity index (χ0n) is 11.3. The van der Waals surface area contributed by atoms with Gasteiger partial charge in [0, 0.05) is 23.6 Å². The summed E-state index contributed by atoms with van der Waals surface area (Å²) < 4.78 is 6.84. The van der Waals surface area contributed by atoms with Gasteiger partial charge in [-0.25, -0.2) is 0 Å². The Kier molecular flexibility index (Phi) is 4.25. The molecule has 0 saturated carbocycles. The zero-order valence-corrected chi connectivity index (χ0v) is 12.9. The average molecular weight is 336 g/mol. The van der Waals surface area contributed by atoms with Crippen molar-refractivity contribution < 1.29 is 4.74 Å². The summed E-state index contributed by atoms with van der Waals surface area (Å²) in [7, 11) is 0. The Labute approximate surface area is 127 Å². The number of morpholine rings is 1. The zero-order chi connectivity index (χ0) is 13.9. The van der Waals surface area contributed by atoms with Crippen LogP contribution in [0.5, 0.6) is 0 Å². The lowest BCUT2D eigenvalue weighted by Crippen LogP contribution is -2.48. The number of ether oxygens (including phenoxy) is 1. The lowest BCUT2D eigenvalue weighted by atomic mass is 10.1. The van der Waals surface area contributed by atoms with Gasteiger partial charge in [-0.05, 0) is 37.6 Å². The normalized spacial score (nSPS) is 26.0. The Balaban J connectivity index is 1.58. The Hall–Kier alpha value is -1.09. The highest BCUT2D eigenvalue weighted by atomic mass is 79.9. The number of nitrogens with one attached hydrogen (secondary N) is 1. The van der Waals surface area contributed by atoms with E-state index in [2.05, 4.69) is 32.2 Å². The van der Waals surface area contributed by atoms with Crippen molar-refractivity contribution in [3.05, 3.63) is 28.2 Å². The number of rotatable bonds is 3. The molecule has 0 aliphatic carbocycles. The van der Waals surface area contributed by atoms with Crippen molar-refractivity contribution in [2.24, 2.45) is 0 Å². The predicted molar refractivity (Wildman–Crippen MR) is 81.7 cm³/mol. The van der Waals surface area contributed by atoms with Gasteiger partial charge < -0.3 is 10.1 Å². The smallest absolute Gasteiger partial charge is 0.101 e. The van der Waals surface area contributed by atoms with E-state index in [1.165, 1.54) is 19.4 Å². The summed E-state index contributed by atoms with van der Waals surface area (Å²) in [5.41, 5.74) is 1.54. The molecule has 2 saturated heterocycles. The predicted octanol–water partition coefficient (Wildman–Crippen LogP) is 2.60. The summed E-state index contributed by atoms with van der Waals surface area (Å²) in [6, 6.07) is 8.56. The Morgan fingerprint density at radius 2 is 2.40 bits per heavy atom. The van der Waals surface area contributed by atoms with Crippen LogP contribution >= 0.6 is 15.9 Å². The number of nitrogens with zero attached hydrogens (tertiary/aromatic N) is 2. The maximum absolute atomic E-state index is 9.15. The number of fused-ring (bicyclic) bond motifs is 1. The Bertz CT molecular complexity index is 528. The first-order valence-electron chi connectivity index (χ1n) is 7.05. The van der Waals surface area contributed by atoms with E-state index in [9.17, 15) is 0 Å². The molecule has 0 bridgehead atoms. The number of hydrogen-bond donors (Lipinski definition) is 1. The number of halogens is 1. The third kappa shape index (κ3) is 2.98. The SMILES string of the molecule is N#Cc1cc(Br)ccc1NCC1CN2CCCC2CO1. The average Bonchev–Trinajstić information content (AvgIpc) is 2.93. The van der Waals surface area contributed by atoms with Crippen molar-refractivity contribution in [2.45, 2.75) is 25.0 Å². The Morgan fingerprint density at radius 1 is 1.50 bits per heavy atom. The second-order valence-electron chi connectivity index (χ2n) is 5.43. The van der Waals surface area contributed by atoms with Crippen LogP contribution in [0.2, 0.25) is 0 Å². The summed E-state index contributed by atoms with van der Waals surface area (Å²) in [6.45, 7) is 3.79. The number of hydrogen-bond acceptors (Lipinski definition) is 4. The van der Waals surface area contributed by atoms with E-state index in [1.807, 2.05) is 18.2 Å². The minimum atomic E-state index is 0.208. The van der Waals surface area contributed by atoms with Crippen LogP contribution in [0.4, 0.5) is 5.69 Å². The first-order valence-corrected chi connectivity index (χ1v) is 7.85. The van der Waals surface area contributed by atoms with Crippen molar-refractivity contribution in [1.29, 1.82) is 5.26 Å². The summed E-state index contributed by atoms with van der Waals surface area (Å²) in [5.74, 6) is 0. The fourth-order valence-electron chi connectivity index (χ4n) is 3.00. The van der Waals surface area contributed by atoms with Crippen LogP contribution in [-0.4, -0.2) is 43.3 Å². The molecule has 0 spiro atoms. The first kappa shape index (κ1) is 13.9. The minimum Gasteiger partial charge on any atom is -0.381 e. The van der Waals surface area contributed by atoms with Crippen LogP contribution in [0, 0.1) is 11.3 Å². The second kappa shape index (κ2) is 6.13. The topological polar surface area (TPSA) is 48.3 Å². The molecule has 5 heteroatoms. The molecule has 0 radical (unpaired) electrons. The highest BCUT2D eigenvalue weighted by Crippen LogP contribution is 2.24. The van der Waals surface area contributed by atoms with Gasteiger partial charge in [0.1, 0.15) is 6.07 Å². The van der Waals surface area contributed by atoms with Crippen LogP contribution < -0.4 is 5.32 Å². The van der Waals surface area contributed by atoms with Crippen LogP contribution in [-0.2, 0) is 4.74 Å². The number of anilines is 1. The molecule has 1 aromatic rings. The first-order chi connectivity index (χ1) is 9.76. The fourth-order valence-corrected chi connectivity index (χ4v) is 3.36. The molecule has 0 amide bonds. The summed E-state index contributed by atoms with van der Waals surface area (Å²) >= 11 is 3.39. The molecule has 2 unspecified atom stereocenters. The highest BCUT2D eigenvalue weighted by Gasteiger charge is 2.31. The van der Waals surface area contributed by atoms with Crippen molar-refractivity contribution in [1.82, 2.24) is 4.90 Å². The third-order valence-electron chi connectivity index (χ3n) is 4.08. The molecule has 1 N–H and O–H groups in total. The number of nitriles is 1. The maximum atomic E-state index is 9.15. The molecule has 20 heavy (non-hydrogen) atoms. The van der Waals surface area contributed by atoms with Crippen LogP contribution in [0.15, 0.2) is 22.7 Å². The van der Waals surface area contributed by atoms with Gasteiger partial charge in [-0.1, -0.05) is 15.9 Å². The fraction of sp³-hybridized carbons (Fsp3) is 0.533. The lowest BCUT2D eigenvalue weighted by molar-refractivity contribution is -0.0415. The summed E-state index contributed by atoms with van der Waals surface area (Å²) in [5, 5.41) is 12.5. The van der Waals surface area contributed by atoms with Crippen molar-refractivity contribution in [2.75, 3.05) is 31.6 Å². The molecule has 3 rings (SSSR count). The van der Waals surface area contributed by atoms with Crippen molar-refractivity contribution in [3.63, 3.8) is 0 Å². The standard InChI is InChI=1S/C15H18BrN3O/c16-12-3-4-15(11(6-12)7-17)18-8-14-9-19-5-1-2-13(19)10-20-14/h3-4,6,13-14,18H,1-2,5,8-10H2. The monoisotopic (exact) mass is 335 g/mol. The van der Waals surface area contributed by atoms with E-state index in [0.29, 0.717) is 11.6 Å². The van der Waals surface area contributed by atoms with Gasteiger partial charge in [-0.3, -0.25) is 4.90 Å². The third-order valence-corrected chi connectivity index (χ3v) is 4.58. The molecule has 2 heterocycles. The van der Waals surface area contributed by atoms with Gasteiger partial charge in [0.25, 0.3) is 0 Å². The van der Waals surface area contributed by atoms with Gasteiger partial charge in [0.15, 0.2) is 0 Å². The van der Waals surface area contributed by atoms with Crippen LogP contribution in [0.3, 0.4) is 0 Å². The van der Waals surface area contributed by atoms with Crippen LogP contribution in [0.1, 0.15) is 18.4 Å². The molecule has 0 aromatic heterocycles. The molecule has 2 aliphatic heterocycles. The van der Waals surface area contributed by atoms with Crippen LogP contribution in [0.25, 0.3) is 0 Å². The molecule has 2 aliphatic rings. The van der Waals surface area contributed by atoms with Gasteiger partial charge in [-0.2, -0.15) is 5.26 Å². The van der Waals surface area contributed by atoms with Crippen molar-refractivity contribution in [3.8, 4) is 6.07 Å². The second-order valence-corrected chi connectivity index (χ2v) is 6.34. The Morgan fingerprint density at radius 3 is 3.25 bits per heavy atom. The molecule has 4 nitrogen and oxygen atoms in total.